The Morgan fingerprint density at radius 2 is 2.23 bits per heavy atom. The van der Waals surface area contributed by atoms with Gasteiger partial charge >= 0.3 is 6.03 Å². The van der Waals surface area contributed by atoms with Gasteiger partial charge in [-0.3, -0.25) is 14.4 Å². The van der Waals surface area contributed by atoms with E-state index in [1.165, 1.54) is 12.8 Å². The lowest BCUT2D eigenvalue weighted by molar-refractivity contribution is -0.121. The number of amides is 3. The highest BCUT2D eigenvalue weighted by atomic mass is 32.1. The minimum absolute atomic E-state index is 0.115. The zero-order valence-corrected chi connectivity index (χ0v) is 15.5. The zero-order valence-electron chi connectivity index (χ0n) is 14.6. The van der Waals surface area contributed by atoms with Crippen LogP contribution >= 0.6 is 11.3 Å². The predicted molar refractivity (Wildman–Crippen MR) is 98.0 cm³/mol. The van der Waals surface area contributed by atoms with Crippen molar-refractivity contribution in [1.29, 1.82) is 0 Å². The van der Waals surface area contributed by atoms with Crippen molar-refractivity contribution in [2.45, 2.75) is 44.2 Å². The first kappa shape index (κ1) is 17.0. The molecule has 3 amide bonds. The molecule has 1 saturated carbocycles. The molecule has 1 saturated heterocycles. The highest BCUT2D eigenvalue weighted by molar-refractivity contribution is 7.09. The van der Waals surface area contributed by atoms with Crippen molar-refractivity contribution in [3.8, 4) is 0 Å². The monoisotopic (exact) mass is 374 g/mol. The standard InChI is InChI=1S/C17H22N6O2S/c1-22-8-6-14(21-22)23-7-2-3-12(16(23)24)20-17(25)18-9-15-19-13(10-26-15)11-4-5-11/h6,8,10-12H,2-5,7,9H2,1H3,(H2,18,20,25)/t12-/m0/s1. The first-order chi connectivity index (χ1) is 12.6. The zero-order chi connectivity index (χ0) is 18.1. The van der Waals surface area contributed by atoms with Crippen LogP contribution in [0.2, 0.25) is 0 Å². The van der Waals surface area contributed by atoms with Crippen molar-refractivity contribution < 1.29 is 9.59 Å². The van der Waals surface area contributed by atoms with Gasteiger partial charge in [0.25, 0.3) is 5.91 Å². The molecule has 0 spiro atoms. The highest BCUT2D eigenvalue weighted by Gasteiger charge is 2.32. The van der Waals surface area contributed by atoms with Crippen molar-refractivity contribution in [2.75, 3.05) is 11.4 Å². The van der Waals surface area contributed by atoms with E-state index in [0.29, 0.717) is 31.2 Å². The molecular weight excluding hydrogens is 352 g/mol. The third kappa shape index (κ3) is 3.72. The summed E-state index contributed by atoms with van der Waals surface area (Å²) in [5.74, 6) is 1.13. The number of carbonyl (C=O) groups is 2. The minimum atomic E-state index is -0.524. The Kier molecular flexibility index (Phi) is 4.62. The molecule has 1 atom stereocenters. The lowest BCUT2D eigenvalue weighted by atomic mass is 10.1. The van der Waals surface area contributed by atoms with E-state index in [-0.39, 0.29) is 11.9 Å². The Labute approximate surface area is 155 Å². The fourth-order valence-electron chi connectivity index (χ4n) is 3.12. The van der Waals surface area contributed by atoms with Crippen LogP contribution in [0, 0.1) is 0 Å². The Morgan fingerprint density at radius 1 is 1.38 bits per heavy atom. The van der Waals surface area contributed by atoms with E-state index in [9.17, 15) is 9.59 Å². The average Bonchev–Trinajstić information content (AvgIpc) is 3.21. The topological polar surface area (TPSA) is 92.1 Å². The van der Waals surface area contributed by atoms with Gasteiger partial charge in [-0.05, 0) is 25.7 Å². The van der Waals surface area contributed by atoms with Gasteiger partial charge in [0.1, 0.15) is 11.0 Å². The summed E-state index contributed by atoms with van der Waals surface area (Å²) in [6.45, 7) is 1.01. The maximum absolute atomic E-state index is 12.7. The second-order valence-corrected chi connectivity index (χ2v) is 7.74. The minimum Gasteiger partial charge on any atom is -0.332 e. The number of hydrogen-bond donors (Lipinski definition) is 2. The van der Waals surface area contributed by atoms with E-state index in [1.807, 2.05) is 7.05 Å². The van der Waals surface area contributed by atoms with E-state index in [1.54, 1.807) is 33.2 Å². The maximum atomic E-state index is 12.7. The molecule has 1 aliphatic carbocycles. The summed E-state index contributed by atoms with van der Waals surface area (Å²) in [4.78, 5) is 31.0. The number of urea groups is 1. The van der Waals surface area contributed by atoms with Gasteiger partial charge in [-0.15, -0.1) is 11.3 Å². The summed E-state index contributed by atoms with van der Waals surface area (Å²) >= 11 is 1.57. The molecule has 0 aromatic carbocycles. The molecule has 0 radical (unpaired) electrons. The number of aromatic nitrogens is 3. The Morgan fingerprint density at radius 3 is 2.96 bits per heavy atom. The summed E-state index contributed by atoms with van der Waals surface area (Å²) < 4.78 is 1.66. The average molecular weight is 374 g/mol. The molecular formula is C17H22N6O2S. The number of nitrogens with one attached hydrogen (secondary N) is 2. The van der Waals surface area contributed by atoms with Gasteiger partial charge in [-0.1, -0.05) is 0 Å². The van der Waals surface area contributed by atoms with E-state index in [4.69, 9.17) is 0 Å². The van der Waals surface area contributed by atoms with Gasteiger partial charge in [0.05, 0.1) is 12.2 Å². The Balaban J connectivity index is 1.30. The van der Waals surface area contributed by atoms with Crippen LogP contribution in [0.25, 0.3) is 0 Å². The molecule has 4 rings (SSSR count). The number of piperidine rings is 1. The van der Waals surface area contributed by atoms with Gasteiger partial charge in [0.2, 0.25) is 0 Å². The van der Waals surface area contributed by atoms with Gasteiger partial charge < -0.3 is 10.6 Å². The maximum Gasteiger partial charge on any atom is 0.315 e. The predicted octanol–water partition coefficient (Wildman–Crippen LogP) is 1.75. The molecule has 3 heterocycles. The van der Waals surface area contributed by atoms with Crippen LogP contribution in [0.1, 0.15) is 42.3 Å². The fraction of sp³-hybridized carbons (Fsp3) is 0.529. The summed E-state index contributed by atoms with van der Waals surface area (Å²) in [5, 5.41) is 12.8. The molecule has 9 heteroatoms. The molecule has 0 bridgehead atoms. The van der Waals surface area contributed by atoms with E-state index in [2.05, 4.69) is 26.1 Å². The Hall–Kier alpha value is -2.42. The SMILES string of the molecule is Cn1ccc(N2CCC[C@H](NC(=O)NCc3nc(C4CC4)cs3)C2=O)n1. The quantitative estimate of drug-likeness (QED) is 0.834. The number of rotatable bonds is 5. The van der Waals surface area contributed by atoms with Gasteiger partial charge in [0.15, 0.2) is 5.82 Å². The van der Waals surface area contributed by atoms with Crippen LogP contribution < -0.4 is 15.5 Å². The summed E-state index contributed by atoms with van der Waals surface area (Å²) in [6.07, 6.45) is 5.70. The molecule has 2 aliphatic rings. The van der Waals surface area contributed by atoms with E-state index < -0.39 is 6.04 Å². The lowest BCUT2D eigenvalue weighted by Crippen LogP contribution is -2.54. The normalized spacial score (nSPS) is 20.3. The Bertz CT molecular complexity index is 812. The fourth-order valence-corrected chi connectivity index (χ4v) is 3.94. The van der Waals surface area contributed by atoms with Crippen molar-refractivity contribution in [2.24, 2.45) is 7.05 Å². The van der Waals surface area contributed by atoms with Crippen LogP contribution in [0.5, 0.6) is 0 Å². The molecule has 26 heavy (non-hydrogen) atoms. The molecule has 1 aliphatic heterocycles. The molecule has 2 fully saturated rings. The third-order valence-electron chi connectivity index (χ3n) is 4.69. The summed E-state index contributed by atoms with van der Waals surface area (Å²) in [6, 6.07) is 0.943. The summed E-state index contributed by atoms with van der Waals surface area (Å²) in [5.41, 5.74) is 1.14. The molecule has 2 N–H and O–H groups in total. The van der Waals surface area contributed by atoms with Crippen molar-refractivity contribution in [3.05, 3.63) is 28.3 Å². The number of hydrogen-bond acceptors (Lipinski definition) is 5. The number of thiazole rings is 1. The van der Waals surface area contributed by atoms with E-state index >= 15 is 0 Å². The van der Waals surface area contributed by atoms with Crippen molar-refractivity contribution in [1.82, 2.24) is 25.4 Å². The smallest absolute Gasteiger partial charge is 0.315 e. The third-order valence-corrected chi connectivity index (χ3v) is 5.55. The molecule has 0 unspecified atom stereocenters. The number of nitrogens with zero attached hydrogens (tertiary/aromatic N) is 4. The first-order valence-electron chi connectivity index (χ1n) is 8.90. The summed E-state index contributed by atoms with van der Waals surface area (Å²) in [7, 11) is 1.81. The highest BCUT2D eigenvalue weighted by Crippen LogP contribution is 2.40. The molecule has 138 valence electrons. The van der Waals surface area contributed by atoms with Crippen molar-refractivity contribution in [3.63, 3.8) is 0 Å². The van der Waals surface area contributed by atoms with Crippen LogP contribution in [0.15, 0.2) is 17.6 Å². The molecule has 8 nitrogen and oxygen atoms in total. The van der Waals surface area contributed by atoms with Crippen LogP contribution in [-0.4, -0.2) is 39.3 Å². The second kappa shape index (κ2) is 7.06. The first-order valence-corrected chi connectivity index (χ1v) is 9.78. The van der Waals surface area contributed by atoms with Gasteiger partial charge in [-0.25, -0.2) is 9.78 Å². The van der Waals surface area contributed by atoms with Crippen molar-refractivity contribution >= 4 is 29.1 Å². The van der Waals surface area contributed by atoms with E-state index in [0.717, 1.165) is 17.1 Å². The molecule has 2 aromatic heterocycles. The number of aryl methyl sites for hydroxylation is 1. The number of anilines is 1. The van der Waals surface area contributed by atoms with Gasteiger partial charge in [-0.2, -0.15) is 5.10 Å². The lowest BCUT2D eigenvalue weighted by Gasteiger charge is -2.31. The van der Waals surface area contributed by atoms with Crippen LogP contribution in [-0.2, 0) is 18.4 Å². The van der Waals surface area contributed by atoms with Crippen LogP contribution in [0.3, 0.4) is 0 Å². The van der Waals surface area contributed by atoms with Crippen LogP contribution in [0.4, 0.5) is 10.6 Å². The second-order valence-electron chi connectivity index (χ2n) is 6.80. The van der Waals surface area contributed by atoms with Gasteiger partial charge in [0, 0.05) is 37.2 Å². The number of carbonyl (C=O) groups excluding carboxylic acids is 2. The largest absolute Gasteiger partial charge is 0.332 e. The molecule has 2 aromatic rings.